The van der Waals surface area contributed by atoms with Crippen molar-refractivity contribution in [3.05, 3.63) is 16.7 Å². The molecular weight excluding hydrogens is 236 g/mol. The highest BCUT2D eigenvalue weighted by Crippen LogP contribution is 2.29. The van der Waals surface area contributed by atoms with E-state index in [1.807, 2.05) is 11.4 Å². The molecule has 0 aliphatic rings. The fraction of sp³-hybridized carbons (Fsp3) is 0.125. The van der Waals surface area contributed by atoms with Gasteiger partial charge in [0.15, 0.2) is 5.82 Å². The highest BCUT2D eigenvalue weighted by atomic mass is 35.5. The zero-order valence-electron chi connectivity index (χ0n) is 7.77. The van der Waals surface area contributed by atoms with E-state index in [1.54, 1.807) is 7.11 Å². The van der Waals surface area contributed by atoms with Crippen molar-refractivity contribution < 1.29 is 4.74 Å². The number of rotatable bonds is 2. The molecule has 2 aromatic heterocycles. The molecule has 0 saturated carbocycles. The maximum Gasteiger partial charge on any atom is 0.227 e. The van der Waals surface area contributed by atoms with Gasteiger partial charge >= 0.3 is 0 Å². The lowest BCUT2D eigenvalue weighted by Gasteiger charge is -1.97. The van der Waals surface area contributed by atoms with Gasteiger partial charge in [-0.3, -0.25) is 0 Å². The van der Waals surface area contributed by atoms with E-state index in [-0.39, 0.29) is 11.2 Å². The minimum Gasteiger partial charge on any atom is -0.496 e. The summed E-state index contributed by atoms with van der Waals surface area (Å²) in [4.78, 5) is 12.5. The van der Waals surface area contributed by atoms with E-state index in [9.17, 15) is 0 Å². The maximum atomic E-state index is 5.67. The van der Waals surface area contributed by atoms with Crippen molar-refractivity contribution in [2.45, 2.75) is 0 Å². The molecular formula is C8H7ClN4OS. The second kappa shape index (κ2) is 4.00. The van der Waals surface area contributed by atoms with Crippen LogP contribution in [-0.2, 0) is 0 Å². The Kier molecular flexibility index (Phi) is 2.70. The first-order valence-corrected chi connectivity index (χ1v) is 5.25. The van der Waals surface area contributed by atoms with Crippen LogP contribution < -0.4 is 10.5 Å². The van der Waals surface area contributed by atoms with Gasteiger partial charge in [0.1, 0.15) is 5.75 Å². The molecule has 0 aliphatic heterocycles. The van der Waals surface area contributed by atoms with Crippen LogP contribution in [0.5, 0.6) is 5.75 Å². The van der Waals surface area contributed by atoms with Gasteiger partial charge in [0.2, 0.25) is 11.2 Å². The molecule has 0 fully saturated rings. The van der Waals surface area contributed by atoms with Crippen LogP contribution in [0.3, 0.4) is 0 Å². The molecule has 0 atom stereocenters. The lowest BCUT2D eigenvalue weighted by atomic mass is 10.4. The molecule has 15 heavy (non-hydrogen) atoms. The Morgan fingerprint density at radius 2 is 2.20 bits per heavy atom. The number of methoxy groups -OCH3 is 1. The summed E-state index contributed by atoms with van der Waals surface area (Å²) in [5.41, 5.74) is 5.46. The van der Waals surface area contributed by atoms with Crippen LogP contribution in [-0.4, -0.2) is 22.1 Å². The Bertz CT molecular complexity index is 467. The number of hydrogen-bond donors (Lipinski definition) is 1. The number of halogens is 1. The summed E-state index contributed by atoms with van der Waals surface area (Å²) in [5, 5.41) is 1.94. The molecule has 0 spiro atoms. The zero-order valence-corrected chi connectivity index (χ0v) is 9.34. The van der Waals surface area contributed by atoms with Crippen LogP contribution >= 0.6 is 22.9 Å². The first kappa shape index (κ1) is 10.1. The number of hydrogen-bond acceptors (Lipinski definition) is 6. The maximum absolute atomic E-state index is 5.67. The number of anilines is 1. The normalized spacial score (nSPS) is 10.3. The largest absolute Gasteiger partial charge is 0.496 e. The van der Waals surface area contributed by atoms with Crippen LogP contribution in [0, 0.1) is 0 Å². The summed E-state index contributed by atoms with van der Waals surface area (Å²) < 4.78 is 5.05. The van der Waals surface area contributed by atoms with Crippen molar-refractivity contribution in [1.29, 1.82) is 0 Å². The van der Waals surface area contributed by atoms with Crippen molar-refractivity contribution in [3.8, 4) is 16.5 Å². The van der Waals surface area contributed by atoms with Gasteiger partial charge in [-0.1, -0.05) is 0 Å². The van der Waals surface area contributed by atoms with Gasteiger partial charge in [-0.05, 0) is 11.6 Å². The predicted octanol–water partition coefficient (Wildman–Crippen LogP) is 1.84. The predicted molar refractivity (Wildman–Crippen MR) is 59.1 cm³/mol. The highest BCUT2D eigenvalue weighted by molar-refractivity contribution is 7.13. The first-order chi connectivity index (χ1) is 7.19. The van der Waals surface area contributed by atoms with Gasteiger partial charge in [-0.25, -0.2) is 0 Å². The lowest BCUT2D eigenvalue weighted by Crippen LogP contribution is -1.98. The highest BCUT2D eigenvalue weighted by Gasteiger charge is 2.08. The average Bonchev–Trinajstić information content (AvgIpc) is 2.64. The molecule has 0 aliphatic carbocycles. The Morgan fingerprint density at radius 3 is 2.80 bits per heavy atom. The monoisotopic (exact) mass is 242 g/mol. The standard InChI is InChI=1S/C8H7ClN4OS/c1-14-4-2-5(15-3-4)6-11-7(9)13-8(10)12-6/h2-3H,1H3,(H2,10,11,12,13). The van der Waals surface area contributed by atoms with E-state index in [0.717, 1.165) is 10.6 Å². The molecule has 0 unspecified atom stereocenters. The van der Waals surface area contributed by atoms with Crippen molar-refractivity contribution in [2.24, 2.45) is 0 Å². The summed E-state index contributed by atoms with van der Waals surface area (Å²) in [5.74, 6) is 1.32. The third kappa shape index (κ3) is 2.16. The Balaban J connectivity index is 2.44. The van der Waals surface area contributed by atoms with E-state index in [1.165, 1.54) is 11.3 Å². The molecule has 7 heteroatoms. The number of aromatic nitrogens is 3. The molecule has 5 nitrogen and oxygen atoms in total. The smallest absolute Gasteiger partial charge is 0.227 e. The molecule has 0 bridgehead atoms. The van der Waals surface area contributed by atoms with Gasteiger partial charge in [0.05, 0.1) is 12.0 Å². The van der Waals surface area contributed by atoms with E-state index in [2.05, 4.69) is 15.0 Å². The average molecular weight is 243 g/mol. The third-order valence-corrected chi connectivity index (χ3v) is 2.73. The minimum atomic E-state index is 0.0878. The van der Waals surface area contributed by atoms with Crippen molar-refractivity contribution in [1.82, 2.24) is 15.0 Å². The molecule has 0 aromatic carbocycles. The van der Waals surface area contributed by atoms with E-state index in [4.69, 9.17) is 22.1 Å². The number of ether oxygens (including phenoxy) is 1. The minimum absolute atomic E-state index is 0.0878. The van der Waals surface area contributed by atoms with E-state index in [0.29, 0.717) is 5.82 Å². The lowest BCUT2D eigenvalue weighted by molar-refractivity contribution is 0.417. The molecule has 78 valence electrons. The van der Waals surface area contributed by atoms with Crippen molar-refractivity contribution >= 4 is 28.9 Å². The van der Waals surface area contributed by atoms with Crippen LogP contribution in [0.25, 0.3) is 10.7 Å². The van der Waals surface area contributed by atoms with Gasteiger partial charge in [0, 0.05) is 11.4 Å². The number of thiophene rings is 1. The van der Waals surface area contributed by atoms with Crippen LogP contribution in [0.2, 0.25) is 5.28 Å². The van der Waals surface area contributed by atoms with Crippen LogP contribution in [0.15, 0.2) is 11.4 Å². The second-order valence-corrected chi connectivity index (χ2v) is 3.89. The quantitative estimate of drug-likeness (QED) is 0.870. The van der Waals surface area contributed by atoms with Crippen molar-refractivity contribution in [2.75, 3.05) is 12.8 Å². The number of nitrogen functional groups attached to an aromatic ring is 1. The summed E-state index contributed by atoms with van der Waals surface area (Å²) in [7, 11) is 1.60. The molecule has 0 amide bonds. The van der Waals surface area contributed by atoms with Crippen LogP contribution in [0.1, 0.15) is 0 Å². The molecule has 2 heterocycles. The van der Waals surface area contributed by atoms with Crippen LogP contribution in [0.4, 0.5) is 5.95 Å². The molecule has 2 rings (SSSR count). The Morgan fingerprint density at radius 1 is 1.40 bits per heavy atom. The summed E-state index contributed by atoms with van der Waals surface area (Å²) in [6, 6.07) is 1.82. The number of nitrogens with two attached hydrogens (primary N) is 1. The molecule has 0 radical (unpaired) electrons. The van der Waals surface area contributed by atoms with Gasteiger partial charge in [-0.2, -0.15) is 15.0 Å². The first-order valence-electron chi connectivity index (χ1n) is 3.99. The van der Waals surface area contributed by atoms with Crippen molar-refractivity contribution in [3.63, 3.8) is 0 Å². The number of nitrogens with zero attached hydrogens (tertiary/aromatic N) is 3. The SMILES string of the molecule is COc1csc(-c2nc(N)nc(Cl)n2)c1. The summed E-state index contributed by atoms with van der Waals surface area (Å²) in [6.45, 7) is 0. The van der Waals surface area contributed by atoms with Gasteiger partial charge in [0.25, 0.3) is 0 Å². The molecule has 0 saturated heterocycles. The van der Waals surface area contributed by atoms with E-state index < -0.39 is 0 Å². The molecule has 2 N–H and O–H groups in total. The molecule has 2 aromatic rings. The topological polar surface area (TPSA) is 73.9 Å². The van der Waals surface area contributed by atoms with Gasteiger partial charge < -0.3 is 10.5 Å². The summed E-state index contributed by atoms with van der Waals surface area (Å²) >= 11 is 7.12. The fourth-order valence-corrected chi connectivity index (χ4v) is 1.97. The van der Waals surface area contributed by atoms with Gasteiger partial charge in [-0.15, -0.1) is 11.3 Å². The Hall–Kier alpha value is -1.40. The Labute approximate surface area is 94.9 Å². The third-order valence-electron chi connectivity index (χ3n) is 1.66. The second-order valence-electron chi connectivity index (χ2n) is 2.64. The van der Waals surface area contributed by atoms with E-state index >= 15 is 0 Å². The summed E-state index contributed by atoms with van der Waals surface area (Å²) in [6.07, 6.45) is 0. The zero-order chi connectivity index (χ0) is 10.8. The fourth-order valence-electron chi connectivity index (χ4n) is 1.02.